The van der Waals surface area contributed by atoms with E-state index in [9.17, 15) is 0 Å². The van der Waals surface area contributed by atoms with Gasteiger partial charge in [0.25, 0.3) is 0 Å². The smallest absolute Gasteiger partial charge is 0.0924 e. The number of hydrogen-bond acceptors (Lipinski definition) is 1. The first-order valence-corrected chi connectivity index (χ1v) is 5.97. The topological polar surface area (TPSA) is 28.7 Å². The summed E-state index contributed by atoms with van der Waals surface area (Å²) in [6, 6.07) is 6.66. The predicted octanol–water partition coefficient (Wildman–Crippen LogP) is 3.67. The maximum atomic E-state index is 3.98. The lowest BCUT2D eigenvalue weighted by Crippen LogP contribution is -1.89. The predicted molar refractivity (Wildman–Crippen MR) is 71.9 cm³/mol. The molecule has 0 fully saturated rings. The van der Waals surface area contributed by atoms with Gasteiger partial charge in [0.1, 0.15) is 0 Å². The number of aromatic nitrogens is 2. The van der Waals surface area contributed by atoms with Gasteiger partial charge in [-0.2, -0.15) is 0 Å². The highest BCUT2D eigenvalue weighted by molar-refractivity contribution is 5.42. The van der Waals surface area contributed by atoms with Crippen molar-refractivity contribution >= 4 is 6.08 Å². The molecule has 1 N–H and O–H groups in total. The van der Waals surface area contributed by atoms with Crippen LogP contribution in [0.5, 0.6) is 0 Å². The van der Waals surface area contributed by atoms with E-state index in [4.69, 9.17) is 0 Å². The molecule has 0 saturated carbocycles. The molecule has 0 amide bonds. The molecule has 0 radical (unpaired) electrons. The highest BCUT2D eigenvalue weighted by Crippen LogP contribution is 2.13. The fraction of sp³-hybridized carbons (Fsp3) is 0.267. The molecule has 1 aromatic carbocycles. The molecule has 0 aliphatic rings. The Bertz CT molecular complexity index is 496. The summed E-state index contributed by atoms with van der Waals surface area (Å²) in [5, 5.41) is 0. The Balaban J connectivity index is 1.90. The monoisotopic (exact) mass is 226 g/mol. The van der Waals surface area contributed by atoms with Gasteiger partial charge in [-0.1, -0.05) is 29.8 Å². The summed E-state index contributed by atoms with van der Waals surface area (Å²) in [5.41, 5.74) is 5.22. The Morgan fingerprint density at radius 1 is 1.29 bits per heavy atom. The average molecular weight is 226 g/mol. The van der Waals surface area contributed by atoms with Crippen LogP contribution in [0.4, 0.5) is 0 Å². The molecule has 1 heterocycles. The number of nitrogens with zero attached hydrogens (tertiary/aromatic N) is 1. The highest BCUT2D eigenvalue weighted by Gasteiger charge is 1.97. The number of aryl methyl sites for hydroxylation is 3. The highest BCUT2D eigenvalue weighted by atomic mass is 14.8. The maximum absolute atomic E-state index is 3.98. The van der Waals surface area contributed by atoms with E-state index in [0.717, 1.165) is 18.5 Å². The Hall–Kier alpha value is -1.83. The van der Waals surface area contributed by atoms with E-state index >= 15 is 0 Å². The van der Waals surface area contributed by atoms with E-state index in [2.05, 4.69) is 54.2 Å². The molecular formula is C15H18N2. The molecule has 2 nitrogen and oxygen atoms in total. The molecule has 88 valence electrons. The van der Waals surface area contributed by atoms with Crippen molar-refractivity contribution in [2.75, 3.05) is 0 Å². The molecular weight excluding hydrogens is 208 g/mol. The molecule has 0 aliphatic heterocycles. The largest absolute Gasteiger partial charge is 0.345 e. The van der Waals surface area contributed by atoms with Crippen molar-refractivity contribution in [2.24, 2.45) is 0 Å². The van der Waals surface area contributed by atoms with E-state index < -0.39 is 0 Å². The van der Waals surface area contributed by atoms with Crippen molar-refractivity contribution in [1.29, 1.82) is 0 Å². The Morgan fingerprint density at radius 3 is 2.88 bits per heavy atom. The summed E-state index contributed by atoms with van der Waals surface area (Å²) in [6.45, 7) is 4.32. The number of imidazole rings is 1. The number of nitrogens with one attached hydrogen (secondary N) is 1. The lowest BCUT2D eigenvalue weighted by molar-refractivity contribution is 0.988. The van der Waals surface area contributed by atoms with Crippen LogP contribution in [0.2, 0.25) is 0 Å². The van der Waals surface area contributed by atoms with Gasteiger partial charge in [0.15, 0.2) is 0 Å². The summed E-state index contributed by atoms with van der Waals surface area (Å²) >= 11 is 0. The summed E-state index contributed by atoms with van der Waals surface area (Å²) in [5.74, 6) is 0. The van der Waals surface area contributed by atoms with Gasteiger partial charge in [-0.3, -0.25) is 0 Å². The van der Waals surface area contributed by atoms with E-state index in [0.29, 0.717) is 0 Å². The molecule has 0 bridgehead atoms. The SMILES string of the molecule is Cc1ccc(CC/C=C/c2cnc[nH]2)c(C)c1. The second-order valence-electron chi connectivity index (χ2n) is 4.38. The molecule has 0 atom stereocenters. The van der Waals surface area contributed by atoms with Crippen molar-refractivity contribution in [1.82, 2.24) is 9.97 Å². The third-order valence-electron chi connectivity index (χ3n) is 2.90. The number of benzene rings is 1. The van der Waals surface area contributed by atoms with Crippen molar-refractivity contribution in [3.8, 4) is 0 Å². The zero-order valence-electron chi connectivity index (χ0n) is 10.4. The Kier molecular flexibility index (Phi) is 3.76. The molecule has 0 saturated heterocycles. The van der Waals surface area contributed by atoms with Gasteiger partial charge in [-0.25, -0.2) is 4.98 Å². The van der Waals surface area contributed by atoms with Crippen molar-refractivity contribution in [3.63, 3.8) is 0 Å². The number of H-pyrrole nitrogens is 1. The number of hydrogen-bond donors (Lipinski definition) is 1. The van der Waals surface area contributed by atoms with Crippen LogP contribution < -0.4 is 0 Å². The number of aromatic amines is 1. The summed E-state index contributed by atoms with van der Waals surface area (Å²) in [4.78, 5) is 7.03. The van der Waals surface area contributed by atoms with Gasteiger partial charge in [0.05, 0.1) is 18.2 Å². The van der Waals surface area contributed by atoms with Gasteiger partial charge in [0.2, 0.25) is 0 Å². The quantitative estimate of drug-likeness (QED) is 0.846. The number of rotatable bonds is 4. The van der Waals surface area contributed by atoms with E-state index in [1.807, 2.05) is 6.20 Å². The zero-order valence-corrected chi connectivity index (χ0v) is 10.4. The van der Waals surface area contributed by atoms with Gasteiger partial charge < -0.3 is 4.98 Å². The van der Waals surface area contributed by atoms with E-state index in [1.54, 1.807) is 6.33 Å². The normalized spacial score (nSPS) is 11.2. The van der Waals surface area contributed by atoms with Gasteiger partial charge in [-0.05, 0) is 43.9 Å². The second kappa shape index (κ2) is 5.48. The average Bonchev–Trinajstić information content (AvgIpc) is 2.79. The summed E-state index contributed by atoms with van der Waals surface area (Å²) in [6.07, 6.45) is 9.94. The fourth-order valence-corrected chi connectivity index (χ4v) is 1.93. The van der Waals surface area contributed by atoms with Gasteiger partial charge >= 0.3 is 0 Å². The fourth-order valence-electron chi connectivity index (χ4n) is 1.93. The van der Waals surface area contributed by atoms with Crippen LogP contribution in [0.25, 0.3) is 6.08 Å². The zero-order chi connectivity index (χ0) is 12.1. The van der Waals surface area contributed by atoms with Crippen LogP contribution in [-0.4, -0.2) is 9.97 Å². The third kappa shape index (κ3) is 3.31. The van der Waals surface area contributed by atoms with Crippen LogP contribution >= 0.6 is 0 Å². The lowest BCUT2D eigenvalue weighted by atomic mass is 10.0. The van der Waals surface area contributed by atoms with Crippen LogP contribution in [0.15, 0.2) is 36.8 Å². The lowest BCUT2D eigenvalue weighted by Gasteiger charge is -2.04. The van der Waals surface area contributed by atoms with Gasteiger partial charge in [-0.15, -0.1) is 0 Å². The molecule has 2 heteroatoms. The molecule has 0 unspecified atom stereocenters. The molecule has 0 aliphatic carbocycles. The Morgan fingerprint density at radius 2 is 2.18 bits per heavy atom. The minimum atomic E-state index is 1.06. The van der Waals surface area contributed by atoms with Crippen molar-refractivity contribution < 1.29 is 0 Å². The van der Waals surface area contributed by atoms with Crippen LogP contribution in [0.1, 0.15) is 28.8 Å². The third-order valence-corrected chi connectivity index (χ3v) is 2.90. The Labute approximate surface area is 102 Å². The van der Waals surface area contributed by atoms with Crippen LogP contribution in [0.3, 0.4) is 0 Å². The molecule has 2 aromatic rings. The molecule has 1 aromatic heterocycles. The van der Waals surface area contributed by atoms with Crippen molar-refractivity contribution in [2.45, 2.75) is 26.7 Å². The first-order valence-electron chi connectivity index (χ1n) is 5.97. The minimum Gasteiger partial charge on any atom is -0.345 e. The van der Waals surface area contributed by atoms with Gasteiger partial charge in [0, 0.05) is 0 Å². The maximum Gasteiger partial charge on any atom is 0.0924 e. The second-order valence-corrected chi connectivity index (χ2v) is 4.38. The standard InChI is InChI=1S/C15H18N2/c1-12-7-8-14(13(2)9-12)5-3-4-6-15-10-16-11-17-15/h4,6-11H,3,5H2,1-2H3,(H,16,17)/b6-4+. The van der Waals surface area contributed by atoms with Crippen LogP contribution in [-0.2, 0) is 6.42 Å². The van der Waals surface area contributed by atoms with E-state index in [1.165, 1.54) is 16.7 Å². The van der Waals surface area contributed by atoms with E-state index in [-0.39, 0.29) is 0 Å². The minimum absolute atomic E-state index is 1.06. The first kappa shape index (κ1) is 11.6. The molecule has 0 spiro atoms. The molecule has 17 heavy (non-hydrogen) atoms. The van der Waals surface area contributed by atoms with Crippen molar-refractivity contribution in [3.05, 3.63) is 59.2 Å². The summed E-state index contributed by atoms with van der Waals surface area (Å²) in [7, 11) is 0. The summed E-state index contributed by atoms with van der Waals surface area (Å²) < 4.78 is 0. The first-order chi connectivity index (χ1) is 8.25. The number of allylic oxidation sites excluding steroid dienone is 1. The van der Waals surface area contributed by atoms with Crippen LogP contribution in [0, 0.1) is 13.8 Å². The molecule has 2 rings (SSSR count).